The summed E-state index contributed by atoms with van der Waals surface area (Å²) in [7, 11) is 0. The van der Waals surface area contributed by atoms with Gasteiger partial charge in [-0.1, -0.05) is 18.5 Å². The normalized spacial score (nSPS) is 18.8. The number of carbonyl (C=O) groups is 2. The Morgan fingerprint density at radius 2 is 2.14 bits per heavy atom. The molecule has 0 aromatic heterocycles. The standard InChI is InChI=1S/C17H22ClNO3/c1-5-14(19-16(21)22-17(2,3)4)13-9-10-8-11(18)6-7-12(10)15(13)20/h6-8,13-14H,5,9H2,1-4H3,(H,19,21). The molecule has 0 saturated carbocycles. The third-order valence-electron chi connectivity index (χ3n) is 3.74. The van der Waals surface area contributed by atoms with Gasteiger partial charge in [-0.05, 0) is 57.4 Å². The fourth-order valence-corrected chi connectivity index (χ4v) is 2.97. The summed E-state index contributed by atoms with van der Waals surface area (Å²) in [5.41, 5.74) is 1.10. The van der Waals surface area contributed by atoms with Gasteiger partial charge in [0, 0.05) is 22.5 Å². The van der Waals surface area contributed by atoms with Crippen LogP contribution in [0.15, 0.2) is 18.2 Å². The Bertz CT molecular complexity index is 592. The molecule has 22 heavy (non-hydrogen) atoms. The van der Waals surface area contributed by atoms with E-state index >= 15 is 0 Å². The van der Waals surface area contributed by atoms with Crippen molar-refractivity contribution in [1.82, 2.24) is 5.32 Å². The lowest BCUT2D eigenvalue weighted by Crippen LogP contribution is -2.44. The highest BCUT2D eigenvalue weighted by molar-refractivity contribution is 6.30. The average molecular weight is 324 g/mol. The van der Waals surface area contributed by atoms with Gasteiger partial charge in [0.05, 0.1) is 0 Å². The molecule has 1 aromatic rings. The van der Waals surface area contributed by atoms with Crippen molar-refractivity contribution in [2.24, 2.45) is 5.92 Å². The Labute approximate surface area is 136 Å². The van der Waals surface area contributed by atoms with Crippen LogP contribution in [0.1, 0.15) is 50.0 Å². The molecule has 0 bridgehead atoms. The maximum atomic E-state index is 12.5. The molecule has 1 aromatic carbocycles. The van der Waals surface area contributed by atoms with Crippen LogP contribution in [-0.2, 0) is 11.2 Å². The first-order valence-electron chi connectivity index (χ1n) is 7.53. The molecule has 120 valence electrons. The van der Waals surface area contributed by atoms with Gasteiger partial charge in [0.1, 0.15) is 5.60 Å². The Kier molecular flexibility index (Phi) is 4.81. The summed E-state index contributed by atoms with van der Waals surface area (Å²) in [6.45, 7) is 7.38. The van der Waals surface area contributed by atoms with Crippen LogP contribution in [0, 0.1) is 5.92 Å². The molecule has 1 aliphatic rings. The minimum absolute atomic E-state index is 0.0644. The zero-order valence-corrected chi connectivity index (χ0v) is 14.2. The molecule has 0 saturated heterocycles. The van der Waals surface area contributed by atoms with Crippen molar-refractivity contribution >= 4 is 23.5 Å². The molecule has 4 nitrogen and oxygen atoms in total. The van der Waals surface area contributed by atoms with E-state index < -0.39 is 11.7 Å². The summed E-state index contributed by atoms with van der Waals surface area (Å²) in [4.78, 5) is 24.5. The summed E-state index contributed by atoms with van der Waals surface area (Å²) in [5.74, 6) is -0.194. The summed E-state index contributed by atoms with van der Waals surface area (Å²) in [6.07, 6.45) is 0.779. The first-order chi connectivity index (χ1) is 10.2. The Morgan fingerprint density at radius 1 is 1.45 bits per heavy atom. The van der Waals surface area contributed by atoms with E-state index in [9.17, 15) is 9.59 Å². The van der Waals surface area contributed by atoms with Crippen LogP contribution in [-0.4, -0.2) is 23.5 Å². The number of ether oxygens (including phenoxy) is 1. The summed E-state index contributed by atoms with van der Waals surface area (Å²) >= 11 is 5.99. The molecule has 0 fully saturated rings. The van der Waals surface area contributed by atoms with Crippen LogP contribution in [0.5, 0.6) is 0 Å². The smallest absolute Gasteiger partial charge is 0.407 e. The van der Waals surface area contributed by atoms with Crippen LogP contribution >= 0.6 is 11.6 Å². The third kappa shape index (κ3) is 3.80. The molecule has 2 rings (SSSR count). The quantitative estimate of drug-likeness (QED) is 0.914. The predicted octanol–water partition coefficient (Wildman–Crippen LogP) is 4.00. The van der Waals surface area contributed by atoms with E-state index in [0.717, 1.165) is 5.56 Å². The van der Waals surface area contributed by atoms with Crippen LogP contribution in [0.3, 0.4) is 0 Å². The van der Waals surface area contributed by atoms with Gasteiger partial charge < -0.3 is 10.1 Å². The minimum Gasteiger partial charge on any atom is -0.444 e. The molecule has 5 heteroatoms. The van der Waals surface area contributed by atoms with E-state index in [0.29, 0.717) is 23.4 Å². The Balaban J connectivity index is 2.10. The average Bonchev–Trinajstić information content (AvgIpc) is 2.70. The van der Waals surface area contributed by atoms with Crippen molar-refractivity contribution in [2.45, 2.75) is 52.2 Å². The molecule has 2 unspecified atom stereocenters. The van der Waals surface area contributed by atoms with Crippen LogP contribution < -0.4 is 5.32 Å². The minimum atomic E-state index is -0.557. The number of alkyl carbamates (subject to hydrolysis) is 1. The fraction of sp³-hybridized carbons (Fsp3) is 0.529. The zero-order valence-electron chi connectivity index (χ0n) is 13.4. The first kappa shape index (κ1) is 16.8. The number of rotatable bonds is 3. The Morgan fingerprint density at radius 3 is 2.73 bits per heavy atom. The molecule has 0 heterocycles. The van der Waals surface area contributed by atoms with E-state index in [1.54, 1.807) is 12.1 Å². The number of amides is 1. The SMILES string of the molecule is CCC(NC(=O)OC(C)(C)C)C1Cc2cc(Cl)ccc2C1=O. The largest absolute Gasteiger partial charge is 0.444 e. The van der Waals surface area contributed by atoms with Crippen LogP contribution in [0.4, 0.5) is 4.79 Å². The van der Waals surface area contributed by atoms with Gasteiger partial charge in [-0.25, -0.2) is 4.79 Å². The molecule has 1 N–H and O–H groups in total. The number of ketones is 1. The molecule has 1 amide bonds. The second-order valence-electron chi connectivity index (χ2n) is 6.64. The van der Waals surface area contributed by atoms with Crippen molar-refractivity contribution in [3.8, 4) is 0 Å². The molecule has 0 radical (unpaired) electrons. The first-order valence-corrected chi connectivity index (χ1v) is 7.91. The van der Waals surface area contributed by atoms with E-state index in [1.807, 2.05) is 33.8 Å². The lowest BCUT2D eigenvalue weighted by Gasteiger charge is -2.25. The second-order valence-corrected chi connectivity index (χ2v) is 7.07. The highest BCUT2D eigenvalue weighted by Gasteiger charge is 2.36. The van der Waals surface area contributed by atoms with E-state index in [2.05, 4.69) is 5.32 Å². The number of hydrogen-bond donors (Lipinski definition) is 1. The van der Waals surface area contributed by atoms with Gasteiger partial charge >= 0.3 is 6.09 Å². The predicted molar refractivity (Wildman–Crippen MR) is 86.4 cm³/mol. The topological polar surface area (TPSA) is 55.4 Å². The van der Waals surface area contributed by atoms with Crippen LogP contribution in [0.2, 0.25) is 5.02 Å². The molecular weight excluding hydrogens is 302 g/mol. The van der Waals surface area contributed by atoms with Crippen molar-refractivity contribution in [3.05, 3.63) is 34.3 Å². The number of Topliss-reactive ketones (excluding diaryl/α,β-unsaturated/α-hetero) is 1. The summed E-state index contributed by atoms with van der Waals surface area (Å²) < 4.78 is 5.28. The number of nitrogens with one attached hydrogen (secondary N) is 1. The van der Waals surface area contributed by atoms with E-state index in [-0.39, 0.29) is 17.7 Å². The van der Waals surface area contributed by atoms with Crippen molar-refractivity contribution < 1.29 is 14.3 Å². The molecule has 1 aliphatic carbocycles. The van der Waals surface area contributed by atoms with Crippen molar-refractivity contribution in [3.63, 3.8) is 0 Å². The molecule has 0 aliphatic heterocycles. The van der Waals surface area contributed by atoms with Gasteiger partial charge in [-0.2, -0.15) is 0 Å². The Hall–Kier alpha value is -1.55. The van der Waals surface area contributed by atoms with Crippen molar-refractivity contribution in [1.29, 1.82) is 0 Å². The maximum absolute atomic E-state index is 12.5. The van der Waals surface area contributed by atoms with Gasteiger partial charge in [0.25, 0.3) is 0 Å². The number of benzene rings is 1. The molecular formula is C17H22ClNO3. The lowest BCUT2D eigenvalue weighted by molar-refractivity contribution is 0.0483. The number of fused-ring (bicyclic) bond motifs is 1. The fourth-order valence-electron chi connectivity index (χ4n) is 2.77. The monoisotopic (exact) mass is 323 g/mol. The molecule has 0 spiro atoms. The number of halogens is 1. The maximum Gasteiger partial charge on any atom is 0.407 e. The lowest BCUT2D eigenvalue weighted by atomic mass is 9.93. The van der Waals surface area contributed by atoms with Crippen LogP contribution in [0.25, 0.3) is 0 Å². The summed E-state index contributed by atoms with van der Waals surface area (Å²) in [6, 6.07) is 5.08. The van der Waals surface area contributed by atoms with Crippen molar-refractivity contribution in [2.75, 3.05) is 0 Å². The van der Waals surface area contributed by atoms with E-state index in [4.69, 9.17) is 16.3 Å². The zero-order chi connectivity index (χ0) is 16.5. The summed E-state index contributed by atoms with van der Waals surface area (Å²) in [5, 5.41) is 3.46. The second kappa shape index (κ2) is 6.29. The van der Waals surface area contributed by atoms with Gasteiger partial charge in [-0.3, -0.25) is 4.79 Å². The van der Waals surface area contributed by atoms with Gasteiger partial charge in [0.2, 0.25) is 0 Å². The number of carbonyl (C=O) groups excluding carboxylic acids is 2. The highest BCUT2D eigenvalue weighted by atomic mass is 35.5. The number of hydrogen-bond acceptors (Lipinski definition) is 3. The van der Waals surface area contributed by atoms with Gasteiger partial charge in [0.15, 0.2) is 5.78 Å². The van der Waals surface area contributed by atoms with Gasteiger partial charge in [-0.15, -0.1) is 0 Å². The third-order valence-corrected chi connectivity index (χ3v) is 3.97. The highest BCUT2D eigenvalue weighted by Crippen LogP contribution is 2.31. The molecule has 2 atom stereocenters. The van der Waals surface area contributed by atoms with E-state index in [1.165, 1.54) is 0 Å².